The van der Waals surface area contributed by atoms with E-state index >= 15 is 0 Å². The first-order valence-electron chi connectivity index (χ1n) is 15.4. The molecule has 2 aliphatic rings. The van der Waals surface area contributed by atoms with E-state index in [9.17, 15) is 9.59 Å². The summed E-state index contributed by atoms with van der Waals surface area (Å²) in [7, 11) is 0. The lowest BCUT2D eigenvalue weighted by Crippen LogP contribution is -2.48. The van der Waals surface area contributed by atoms with E-state index in [1.54, 1.807) is 6.07 Å². The standard InChI is InChI=1S/C19H16N2O2.C10H7NO3.C9H11N.ClH/c22-19(21-12-16(13-21)14-7-3-1-4-8-14)17-11-18(23-20-17)15-9-5-2-6-10-15;12-10(13)8-6-9(14-11-8)7-4-2-1-3-5-7;1-2-4-8(5-3-1)9-6-10-7-9;/h1-11,16H,12-13H2;1-6H,(H,12,13);1-5,9-10H,6-7H2;1H. The van der Waals surface area contributed by atoms with Crippen LogP contribution >= 0.6 is 12.4 Å². The zero-order valence-corrected chi connectivity index (χ0v) is 26.8. The zero-order valence-electron chi connectivity index (χ0n) is 26.0. The highest BCUT2D eigenvalue weighted by molar-refractivity contribution is 5.93. The minimum atomic E-state index is -1.09. The Morgan fingerprint density at radius 1 is 0.625 bits per heavy atom. The van der Waals surface area contributed by atoms with Crippen molar-refractivity contribution in [1.29, 1.82) is 0 Å². The van der Waals surface area contributed by atoms with Crippen LogP contribution in [0.4, 0.5) is 0 Å². The quantitative estimate of drug-likeness (QED) is 0.189. The fourth-order valence-corrected chi connectivity index (χ4v) is 5.22. The van der Waals surface area contributed by atoms with Gasteiger partial charge in [-0.05, 0) is 11.1 Å². The van der Waals surface area contributed by atoms with Gasteiger partial charge in [0.15, 0.2) is 22.9 Å². The molecule has 0 bridgehead atoms. The molecule has 4 aromatic carbocycles. The number of carboxylic acid groups (broad SMARTS) is 1. The van der Waals surface area contributed by atoms with Gasteiger partial charge in [0, 0.05) is 61.3 Å². The van der Waals surface area contributed by atoms with E-state index in [0.29, 0.717) is 23.1 Å². The molecule has 2 aromatic heterocycles. The number of likely N-dealkylation sites (tertiary alicyclic amines) is 1. The molecular weight excluding hydrogens is 628 g/mol. The Kier molecular flexibility index (Phi) is 11.5. The number of aromatic carboxylic acids is 1. The minimum Gasteiger partial charge on any atom is -0.476 e. The maximum atomic E-state index is 12.5. The van der Waals surface area contributed by atoms with Crippen LogP contribution in [0.1, 0.15) is 43.9 Å². The fourth-order valence-electron chi connectivity index (χ4n) is 5.22. The Morgan fingerprint density at radius 3 is 1.46 bits per heavy atom. The molecule has 0 aliphatic carbocycles. The molecule has 0 radical (unpaired) electrons. The monoisotopic (exact) mass is 662 g/mol. The summed E-state index contributed by atoms with van der Waals surface area (Å²) < 4.78 is 10.2. The number of hydrogen-bond donors (Lipinski definition) is 2. The molecule has 0 spiro atoms. The predicted octanol–water partition coefficient (Wildman–Crippen LogP) is 7.42. The molecule has 1 amide bonds. The van der Waals surface area contributed by atoms with E-state index in [4.69, 9.17) is 14.2 Å². The van der Waals surface area contributed by atoms with Crippen LogP contribution in [-0.2, 0) is 0 Å². The summed E-state index contributed by atoms with van der Waals surface area (Å²) in [5, 5.41) is 19.2. The summed E-state index contributed by atoms with van der Waals surface area (Å²) in [5.41, 5.74) is 4.78. The van der Waals surface area contributed by atoms with Crippen molar-refractivity contribution >= 4 is 24.3 Å². The maximum absolute atomic E-state index is 12.5. The molecule has 0 unspecified atom stereocenters. The van der Waals surface area contributed by atoms with E-state index in [1.165, 1.54) is 17.2 Å². The van der Waals surface area contributed by atoms with Crippen molar-refractivity contribution in [3.8, 4) is 22.6 Å². The van der Waals surface area contributed by atoms with Crippen molar-refractivity contribution in [2.45, 2.75) is 11.8 Å². The molecule has 4 heterocycles. The van der Waals surface area contributed by atoms with Crippen molar-refractivity contribution in [2.24, 2.45) is 0 Å². The Balaban J connectivity index is 0.000000153. The van der Waals surface area contributed by atoms with Gasteiger partial charge in [-0.3, -0.25) is 4.79 Å². The van der Waals surface area contributed by atoms with Gasteiger partial charge in [0.2, 0.25) is 0 Å². The second-order valence-electron chi connectivity index (χ2n) is 11.3. The molecule has 2 fully saturated rings. The van der Waals surface area contributed by atoms with Gasteiger partial charge in [-0.2, -0.15) is 0 Å². The molecule has 2 N–H and O–H groups in total. The number of nitrogens with one attached hydrogen (secondary N) is 1. The first-order chi connectivity index (χ1) is 23.0. The summed E-state index contributed by atoms with van der Waals surface area (Å²) in [4.78, 5) is 24.8. The number of hydrogen-bond acceptors (Lipinski definition) is 7. The van der Waals surface area contributed by atoms with Gasteiger partial charge in [0.25, 0.3) is 5.91 Å². The van der Waals surface area contributed by atoms with Crippen LogP contribution in [0.15, 0.2) is 143 Å². The van der Waals surface area contributed by atoms with Gasteiger partial charge < -0.3 is 24.4 Å². The van der Waals surface area contributed by atoms with E-state index in [0.717, 1.165) is 43.2 Å². The SMILES string of the molecule is Cl.O=C(O)c1cc(-c2ccccc2)on1.O=C(c1cc(-c2ccccc2)on1)N1CC(c2ccccc2)C1.c1ccc(C2CNC2)cc1. The molecule has 2 aliphatic heterocycles. The summed E-state index contributed by atoms with van der Waals surface area (Å²) in [6.07, 6.45) is 0. The normalized spacial score (nSPS) is 13.7. The van der Waals surface area contributed by atoms with Gasteiger partial charge >= 0.3 is 5.97 Å². The molecule has 0 saturated carbocycles. The largest absolute Gasteiger partial charge is 0.476 e. The van der Waals surface area contributed by atoms with Crippen molar-refractivity contribution in [1.82, 2.24) is 20.5 Å². The highest BCUT2D eigenvalue weighted by atomic mass is 35.5. The average Bonchev–Trinajstić information content (AvgIpc) is 3.78. The average molecular weight is 663 g/mol. The molecule has 0 atom stereocenters. The molecule has 6 aromatic rings. The van der Waals surface area contributed by atoms with Crippen LogP contribution in [0.5, 0.6) is 0 Å². The van der Waals surface area contributed by atoms with Crippen molar-refractivity contribution in [3.63, 3.8) is 0 Å². The third-order valence-electron chi connectivity index (χ3n) is 8.07. The highest BCUT2D eigenvalue weighted by Gasteiger charge is 2.33. The van der Waals surface area contributed by atoms with Gasteiger partial charge in [-0.15, -0.1) is 12.4 Å². The number of rotatable bonds is 6. The third kappa shape index (κ3) is 8.44. The molecule has 48 heavy (non-hydrogen) atoms. The summed E-state index contributed by atoms with van der Waals surface area (Å²) in [6.45, 7) is 3.78. The predicted molar refractivity (Wildman–Crippen MR) is 185 cm³/mol. The maximum Gasteiger partial charge on any atom is 0.358 e. The van der Waals surface area contributed by atoms with Crippen LogP contribution in [0, 0.1) is 0 Å². The van der Waals surface area contributed by atoms with Crippen LogP contribution in [0.3, 0.4) is 0 Å². The number of nitrogens with zero attached hydrogens (tertiary/aromatic N) is 3. The number of carbonyl (C=O) groups excluding carboxylic acids is 1. The molecular formula is C38H35ClN4O5. The summed E-state index contributed by atoms with van der Waals surface area (Å²) in [6, 6.07) is 43.0. The minimum absolute atomic E-state index is 0. The number of carbonyl (C=O) groups is 2. The number of halogens is 1. The molecule has 244 valence electrons. The Morgan fingerprint density at radius 2 is 1.04 bits per heavy atom. The second kappa shape index (κ2) is 16.4. The number of carboxylic acids is 1. The zero-order chi connectivity index (χ0) is 32.4. The Bertz CT molecular complexity index is 1870. The van der Waals surface area contributed by atoms with E-state index in [2.05, 4.69) is 58.1 Å². The third-order valence-corrected chi connectivity index (χ3v) is 8.07. The van der Waals surface area contributed by atoms with Gasteiger partial charge in [0.1, 0.15) is 0 Å². The first-order valence-corrected chi connectivity index (χ1v) is 15.4. The highest BCUT2D eigenvalue weighted by Crippen LogP contribution is 2.29. The molecule has 8 rings (SSSR count). The smallest absolute Gasteiger partial charge is 0.358 e. The number of amides is 1. The lowest BCUT2D eigenvalue weighted by molar-refractivity contribution is 0.0591. The van der Waals surface area contributed by atoms with Gasteiger partial charge in [0.05, 0.1) is 0 Å². The number of benzene rings is 4. The van der Waals surface area contributed by atoms with Gasteiger partial charge in [-0.25, -0.2) is 4.79 Å². The first kappa shape index (κ1) is 33.8. The van der Waals surface area contributed by atoms with Crippen molar-refractivity contribution < 1.29 is 23.7 Å². The van der Waals surface area contributed by atoms with Gasteiger partial charge in [-0.1, -0.05) is 132 Å². The van der Waals surface area contributed by atoms with Crippen molar-refractivity contribution in [2.75, 3.05) is 26.2 Å². The topological polar surface area (TPSA) is 122 Å². The van der Waals surface area contributed by atoms with Crippen LogP contribution in [0.25, 0.3) is 22.6 Å². The lowest BCUT2D eigenvalue weighted by Gasteiger charge is -2.39. The Labute approximate surface area is 284 Å². The number of aromatic nitrogens is 2. The second-order valence-corrected chi connectivity index (χ2v) is 11.3. The van der Waals surface area contributed by atoms with E-state index < -0.39 is 5.97 Å². The summed E-state index contributed by atoms with van der Waals surface area (Å²) >= 11 is 0. The van der Waals surface area contributed by atoms with E-state index in [-0.39, 0.29) is 24.0 Å². The molecule has 2 saturated heterocycles. The Hall–Kier alpha value is -5.51. The lowest BCUT2D eigenvalue weighted by atomic mass is 9.91. The molecule has 9 nitrogen and oxygen atoms in total. The van der Waals surface area contributed by atoms with Crippen LogP contribution in [-0.4, -0.2) is 58.4 Å². The van der Waals surface area contributed by atoms with Crippen LogP contribution < -0.4 is 5.32 Å². The molecule has 10 heteroatoms. The van der Waals surface area contributed by atoms with Crippen molar-refractivity contribution in [3.05, 3.63) is 156 Å². The summed E-state index contributed by atoms with van der Waals surface area (Å²) in [5.74, 6) is 1.12. The van der Waals surface area contributed by atoms with E-state index in [1.807, 2.05) is 83.8 Å². The van der Waals surface area contributed by atoms with Crippen LogP contribution in [0.2, 0.25) is 0 Å². The fraction of sp³-hybridized carbons (Fsp3) is 0.158.